The first-order valence-electron chi connectivity index (χ1n) is 7.85. The Balaban J connectivity index is 2.00. The van der Waals surface area contributed by atoms with Gasteiger partial charge < -0.3 is 9.88 Å². The Kier molecular flexibility index (Phi) is 3.41. The summed E-state index contributed by atoms with van der Waals surface area (Å²) in [5, 5.41) is 2.90. The second-order valence-corrected chi connectivity index (χ2v) is 5.92. The molecule has 5 heteroatoms. The van der Waals surface area contributed by atoms with Gasteiger partial charge in [0, 0.05) is 30.3 Å². The highest BCUT2D eigenvalue weighted by atomic mass is 19.1. The molecule has 3 aromatic rings. The molecule has 1 N–H and O–H groups in total. The van der Waals surface area contributed by atoms with E-state index < -0.39 is 0 Å². The smallest absolute Gasteiger partial charge is 0.253 e. The van der Waals surface area contributed by atoms with Crippen molar-refractivity contribution >= 4 is 5.91 Å². The van der Waals surface area contributed by atoms with Crippen LogP contribution in [0.2, 0.25) is 0 Å². The molecule has 4 rings (SSSR count). The van der Waals surface area contributed by atoms with Gasteiger partial charge in [0.15, 0.2) is 0 Å². The van der Waals surface area contributed by atoms with Crippen molar-refractivity contribution < 1.29 is 9.18 Å². The van der Waals surface area contributed by atoms with Gasteiger partial charge in [-0.15, -0.1) is 0 Å². The van der Waals surface area contributed by atoms with Crippen LogP contribution in [0.5, 0.6) is 0 Å². The van der Waals surface area contributed by atoms with Crippen LogP contribution in [0.1, 0.15) is 21.6 Å². The molecule has 1 aliphatic rings. The van der Waals surface area contributed by atoms with E-state index in [1.54, 1.807) is 18.3 Å². The zero-order valence-electron chi connectivity index (χ0n) is 13.2. The Morgan fingerprint density at radius 2 is 2.00 bits per heavy atom. The van der Waals surface area contributed by atoms with Crippen molar-refractivity contribution in [3.05, 3.63) is 71.4 Å². The molecule has 0 bridgehead atoms. The van der Waals surface area contributed by atoms with Crippen LogP contribution in [-0.4, -0.2) is 22.0 Å². The number of halogens is 1. The van der Waals surface area contributed by atoms with Gasteiger partial charge in [-0.1, -0.05) is 0 Å². The summed E-state index contributed by atoms with van der Waals surface area (Å²) in [6.45, 7) is 2.56. The number of fused-ring (bicyclic) bond motifs is 1. The zero-order chi connectivity index (χ0) is 16.7. The molecular formula is C19H16FN3O. The quantitative estimate of drug-likeness (QED) is 0.787. The highest BCUT2D eigenvalue weighted by Crippen LogP contribution is 2.33. The van der Waals surface area contributed by atoms with E-state index in [-0.39, 0.29) is 11.7 Å². The van der Waals surface area contributed by atoms with Crippen LogP contribution in [0.25, 0.3) is 16.9 Å². The van der Waals surface area contributed by atoms with Crippen LogP contribution < -0.4 is 5.32 Å². The zero-order valence-corrected chi connectivity index (χ0v) is 13.2. The normalized spacial score (nSPS) is 13.5. The van der Waals surface area contributed by atoms with Gasteiger partial charge in [-0.25, -0.2) is 4.39 Å². The summed E-state index contributed by atoms with van der Waals surface area (Å²) in [6.07, 6.45) is 4.53. The predicted molar refractivity (Wildman–Crippen MR) is 89.7 cm³/mol. The van der Waals surface area contributed by atoms with Crippen LogP contribution in [-0.2, 0) is 6.42 Å². The van der Waals surface area contributed by atoms with Crippen molar-refractivity contribution in [1.29, 1.82) is 0 Å². The summed E-state index contributed by atoms with van der Waals surface area (Å²) in [4.78, 5) is 16.7. The number of aryl methyl sites for hydroxylation is 1. The van der Waals surface area contributed by atoms with Gasteiger partial charge >= 0.3 is 0 Å². The lowest BCUT2D eigenvalue weighted by molar-refractivity contribution is 0.0947. The summed E-state index contributed by atoms with van der Waals surface area (Å²) in [7, 11) is 0. The molecule has 0 saturated carbocycles. The van der Waals surface area contributed by atoms with Crippen molar-refractivity contribution in [2.24, 2.45) is 0 Å². The van der Waals surface area contributed by atoms with Crippen LogP contribution in [0.3, 0.4) is 0 Å². The largest absolute Gasteiger partial charge is 0.352 e. The summed E-state index contributed by atoms with van der Waals surface area (Å²) >= 11 is 0. The molecule has 0 fully saturated rings. The highest BCUT2D eigenvalue weighted by molar-refractivity contribution is 6.03. The molecule has 0 aliphatic carbocycles. The topological polar surface area (TPSA) is 46.9 Å². The molecule has 0 unspecified atom stereocenters. The maximum Gasteiger partial charge on any atom is 0.253 e. The van der Waals surface area contributed by atoms with Gasteiger partial charge in [-0.2, -0.15) is 0 Å². The maximum absolute atomic E-state index is 13.3. The number of aromatic nitrogens is 2. The Labute approximate surface area is 139 Å². The first-order chi connectivity index (χ1) is 11.6. The lowest BCUT2D eigenvalue weighted by Crippen LogP contribution is -2.31. The molecule has 0 atom stereocenters. The van der Waals surface area contributed by atoms with E-state index in [0.717, 1.165) is 34.6 Å². The van der Waals surface area contributed by atoms with E-state index in [2.05, 4.69) is 10.3 Å². The summed E-state index contributed by atoms with van der Waals surface area (Å²) in [5.41, 5.74) is 5.10. The molecule has 120 valence electrons. The molecule has 1 aromatic carbocycles. The molecule has 24 heavy (non-hydrogen) atoms. The van der Waals surface area contributed by atoms with Gasteiger partial charge in [0.1, 0.15) is 5.82 Å². The van der Waals surface area contributed by atoms with Crippen LogP contribution in [0.15, 0.2) is 48.8 Å². The fraction of sp³-hybridized carbons (Fsp3) is 0.158. The Morgan fingerprint density at radius 1 is 1.21 bits per heavy atom. The summed E-state index contributed by atoms with van der Waals surface area (Å²) < 4.78 is 15.3. The standard InChI is InChI=1S/C19H16FN3O/c1-12-10-16(7-9-21-12)23-11-14-6-8-22-19(24)17(14)18(23)13-2-4-15(20)5-3-13/h2-5,7,9-11H,6,8H2,1H3,(H,22,24). The molecular weight excluding hydrogens is 305 g/mol. The number of amides is 1. The maximum atomic E-state index is 13.3. The fourth-order valence-corrected chi connectivity index (χ4v) is 3.17. The number of nitrogens with zero attached hydrogens (tertiary/aromatic N) is 2. The molecule has 1 amide bonds. The Morgan fingerprint density at radius 3 is 2.75 bits per heavy atom. The number of benzene rings is 1. The highest BCUT2D eigenvalue weighted by Gasteiger charge is 2.26. The predicted octanol–water partition coefficient (Wildman–Crippen LogP) is 3.27. The number of carbonyl (C=O) groups is 1. The van der Waals surface area contributed by atoms with Crippen LogP contribution in [0, 0.1) is 12.7 Å². The molecule has 1 aliphatic heterocycles. The molecule has 4 nitrogen and oxygen atoms in total. The molecule has 2 aromatic heterocycles. The monoisotopic (exact) mass is 321 g/mol. The lowest BCUT2D eigenvalue weighted by Gasteiger charge is -2.15. The van der Waals surface area contributed by atoms with E-state index in [9.17, 15) is 9.18 Å². The number of rotatable bonds is 2. The van der Waals surface area contributed by atoms with Crippen molar-refractivity contribution in [3.63, 3.8) is 0 Å². The average Bonchev–Trinajstić information content (AvgIpc) is 2.96. The van der Waals surface area contributed by atoms with Gasteiger partial charge in [0.25, 0.3) is 5.91 Å². The summed E-state index contributed by atoms with van der Waals surface area (Å²) in [6, 6.07) is 10.1. The number of pyridine rings is 1. The van der Waals surface area contributed by atoms with E-state index in [1.807, 2.05) is 29.8 Å². The van der Waals surface area contributed by atoms with E-state index in [1.165, 1.54) is 12.1 Å². The minimum Gasteiger partial charge on any atom is -0.352 e. The number of hydrogen-bond acceptors (Lipinski definition) is 2. The number of nitrogens with one attached hydrogen (secondary N) is 1. The molecule has 0 radical (unpaired) electrons. The van der Waals surface area contributed by atoms with Crippen molar-refractivity contribution in [1.82, 2.24) is 14.9 Å². The lowest BCUT2D eigenvalue weighted by atomic mass is 10.00. The second-order valence-electron chi connectivity index (χ2n) is 5.92. The second kappa shape index (κ2) is 5.60. The molecule has 0 saturated heterocycles. The third-order valence-electron chi connectivity index (χ3n) is 4.27. The van der Waals surface area contributed by atoms with Crippen LogP contribution >= 0.6 is 0 Å². The van der Waals surface area contributed by atoms with E-state index >= 15 is 0 Å². The number of hydrogen-bond donors (Lipinski definition) is 1. The minimum absolute atomic E-state index is 0.0832. The Hall–Kier alpha value is -2.95. The van der Waals surface area contributed by atoms with Crippen molar-refractivity contribution in [3.8, 4) is 16.9 Å². The minimum atomic E-state index is -0.296. The fourth-order valence-electron chi connectivity index (χ4n) is 3.17. The van der Waals surface area contributed by atoms with Crippen molar-refractivity contribution in [2.75, 3.05) is 6.54 Å². The number of carbonyl (C=O) groups excluding carboxylic acids is 1. The van der Waals surface area contributed by atoms with Gasteiger partial charge in [0.05, 0.1) is 11.3 Å². The Bertz CT molecular complexity index is 928. The van der Waals surface area contributed by atoms with Gasteiger partial charge in [-0.3, -0.25) is 9.78 Å². The first-order valence-corrected chi connectivity index (χ1v) is 7.85. The third kappa shape index (κ3) is 2.38. The van der Waals surface area contributed by atoms with E-state index in [4.69, 9.17) is 0 Å². The third-order valence-corrected chi connectivity index (χ3v) is 4.27. The summed E-state index contributed by atoms with van der Waals surface area (Å²) in [5.74, 6) is -0.380. The van der Waals surface area contributed by atoms with Gasteiger partial charge in [0.2, 0.25) is 0 Å². The molecule has 0 spiro atoms. The SMILES string of the molecule is Cc1cc(-n2cc3c(c2-c2ccc(F)cc2)C(=O)NCC3)ccn1. The average molecular weight is 321 g/mol. The van der Waals surface area contributed by atoms with Crippen molar-refractivity contribution in [2.45, 2.75) is 13.3 Å². The van der Waals surface area contributed by atoms with E-state index in [0.29, 0.717) is 12.1 Å². The van der Waals surface area contributed by atoms with Gasteiger partial charge in [-0.05, 0) is 60.9 Å². The first kappa shape index (κ1) is 14.6. The molecule has 3 heterocycles. The van der Waals surface area contributed by atoms with Crippen LogP contribution in [0.4, 0.5) is 4.39 Å².